The van der Waals surface area contributed by atoms with Gasteiger partial charge < -0.3 is 14.2 Å². The molecule has 0 N–H and O–H groups in total. The number of allylic oxidation sites excluding steroid dienone is 10. The minimum atomic E-state index is -0.786. The zero-order valence-corrected chi connectivity index (χ0v) is 52.9. The molecule has 79 heavy (non-hydrogen) atoms. The number of rotatable bonds is 64. The van der Waals surface area contributed by atoms with Crippen molar-refractivity contribution in [2.75, 3.05) is 13.2 Å². The van der Waals surface area contributed by atoms with Crippen LogP contribution in [0.2, 0.25) is 0 Å². The van der Waals surface area contributed by atoms with E-state index in [-0.39, 0.29) is 31.1 Å². The van der Waals surface area contributed by atoms with Gasteiger partial charge in [-0.1, -0.05) is 306 Å². The molecular weight excluding hydrogens is 973 g/mol. The first-order valence-corrected chi connectivity index (χ1v) is 34.8. The molecule has 0 aliphatic carbocycles. The first-order valence-electron chi connectivity index (χ1n) is 34.8. The molecule has 0 radical (unpaired) electrons. The normalized spacial score (nSPS) is 12.4. The van der Waals surface area contributed by atoms with E-state index in [0.29, 0.717) is 19.3 Å². The lowest BCUT2D eigenvalue weighted by Crippen LogP contribution is -2.30. The quantitative estimate of drug-likeness (QED) is 0.0261. The molecule has 0 fully saturated rings. The van der Waals surface area contributed by atoms with Gasteiger partial charge in [0.15, 0.2) is 6.10 Å². The minimum absolute atomic E-state index is 0.0808. The summed E-state index contributed by atoms with van der Waals surface area (Å²) in [4.78, 5) is 38.3. The molecule has 0 aromatic heterocycles. The molecule has 0 saturated heterocycles. The highest BCUT2D eigenvalue weighted by molar-refractivity contribution is 5.71. The predicted molar refractivity (Wildman–Crippen MR) is 344 cm³/mol. The van der Waals surface area contributed by atoms with E-state index in [1.54, 1.807) is 0 Å². The summed E-state index contributed by atoms with van der Waals surface area (Å²) in [5.41, 5.74) is 0. The Morgan fingerprint density at radius 2 is 0.494 bits per heavy atom. The molecule has 0 aromatic carbocycles. The summed E-state index contributed by atoms with van der Waals surface area (Å²) < 4.78 is 16.9. The van der Waals surface area contributed by atoms with Crippen molar-refractivity contribution in [2.45, 2.75) is 374 Å². The van der Waals surface area contributed by atoms with Crippen LogP contribution < -0.4 is 0 Å². The molecular formula is C73H132O6. The molecule has 0 spiro atoms. The number of hydrogen-bond donors (Lipinski definition) is 0. The number of unbranched alkanes of at least 4 members (excludes halogenated alkanes) is 43. The van der Waals surface area contributed by atoms with Gasteiger partial charge in [0.2, 0.25) is 0 Å². The van der Waals surface area contributed by atoms with E-state index < -0.39 is 6.10 Å². The van der Waals surface area contributed by atoms with Gasteiger partial charge in [-0.05, 0) is 103 Å². The van der Waals surface area contributed by atoms with Crippen LogP contribution in [0.5, 0.6) is 0 Å². The maximum Gasteiger partial charge on any atom is 0.306 e. The van der Waals surface area contributed by atoms with E-state index in [2.05, 4.69) is 81.5 Å². The smallest absolute Gasteiger partial charge is 0.306 e. The lowest BCUT2D eigenvalue weighted by Gasteiger charge is -2.18. The molecule has 0 rings (SSSR count). The van der Waals surface area contributed by atoms with E-state index in [4.69, 9.17) is 14.2 Å². The second-order valence-electron chi connectivity index (χ2n) is 23.4. The van der Waals surface area contributed by atoms with Crippen LogP contribution in [0.25, 0.3) is 0 Å². The van der Waals surface area contributed by atoms with Crippen LogP contribution in [0.4, 0.5) is 0 Å². The van der Waals surface area contributed by atoms with Gasteiger partial charge in [-0.25, -0.2) is 0 Å². The van der Waals surface area contributed by atoms with Crippen LogP contribution >= 0.6 is 0 Å². The second-order valence-corrected chi connectivity index (χ2v) is 23.4. The molecule has 0 aliphatic heterocycles. The topological polar surface area (TPSA) is 78.9 Å². The molecule has 0 saturated carbocycles. The third-order valence-electron chi connectivity index (χ3n) is 15.5. The van der Waals surface area contributed by atoms with E-state index >= 15 is 0 Å². The van der Waals surface area contributed by atoms with Crippen molar-refractivity contribution in [1.29, 1.82) is 0 Å². The van der Waals surface area contributed by atoms with Gasteiger partial charge in [0.1, 0.15) is 13.2 Å². The number of ether oxygens (including phenoxy) is 3. The Balaban J connectivity index is 4.10. The lowest BCUT2D eigenvalue weighted by molar-refractivity contribution is -0.167. The summed E-state index contributed by atoms with van der Waals surface area (Å²) in [6.45, 7) is 6.54. The molecule has 1 atom stereocenters. The van der Waals surface area contributed by atoms with Crippen molar-refractivity contribution < 1.29 is 28.6 Å². The van der Waals surface area contributed by atoms with E-state index in [1.165, 1.54) is 225 Å². The van der Waals surface area contributed by atoms with Crippen LogP contribution in [0.1, 0.15) is 367 Å². The fourth-order valence-corrected chi connectivity index (χ4v) is 10.3. The van der Waals surface area contributed by atoms with Crippen molar-refractivity contribution in [3.8, 4) is 0 Å². The predicted octanol–water partition coefficient (Wildman–Crippen LogP) is 23.9. The van der Waals surface area contributed by atoms with E-state index in [0.717, 1.165) is 103 Å². The second kappa shape index (κ2) is 67.6. The zero-order valence-electron chi connectivity index (χ0n) is 52.9. The Morgan fingerprint density at radius 3 is 0.797 bits per heavy atom. The molecule has 0 heterocycles. The third-order valence-corrected chi connectivity index (χ3v) is 15.5. The van der Waals surface area contributed by atoms with Gasteiger partial charge in [0.05, 0.1) is 0 Å². The molecule has 0 amide bonds. The fourth-order valence-electron chi connectivity index (χ4n) is 10.3. The standard InChI is InChI=1S/C73H132O6/c1-4-7-10-13-16-19-22-25-27-28-29-30-31-32-33-34-35-36-37-38-39-40-41-42-43-44-46-48-51-54-57-60-63-66-72(75)78-69-70(68-77-71(74)65-62-59-56-53-50-47-24-21-18-15-12-9-6-3)79-73(76)67-64-61-58-55-52-49-45-26-23-20-17-14-11-8-5-2/h8,11,17,20-21,24,26,28-29,45,70H,4-7,9-10,12-16,18-19,22-23,25,27,30-44,46-69H2,1-3H3/b11-8-,20-17-,24-21-,29-28-,45-26-. The van der Waals surface area contributed by atoms with Crippen LogP contribution in [0.15, 0.2) is 60.8 Å². The Morgan fingerprint density at radius 1 is 0.266 bits per heavy atom. The Kier molecular flexibility index (Phi) is 65.1. The third kappa shape index (κ3) is 65.8. The summed E-state index contributed by atoms with van der Waals surface area (Å²) in [7, 11) is 0. The highest BCUT2D eigenvalue weighted by Crippen LogP contribution is 2.18. The SMILES string of the molecule is CC/C=C\C/C=C\C/C=C\CCCCCCCC(=O)OC(COC(=O)CCCCCCC/C=C\CCCCCC)COC(=O)CCCCCCCCCCCCCCCCCCCCCCC/C=C\CCCCCCCCCC. The Bertz CT molecular complexity index is 1410. The van der Waals surface area contributed by atoms with Gasteiger partial charge >= 0.3 is 17.9 Å². The van der Waals surface area contributed by atoms with Gasteiger partial charge in [0.25, 0.3) is 0 Å². The number of carbonyl (C=O) groups is 3. The zero-order chi connectivity index (χ0) is 57.1. The van der Waals surface area contributed by atoms with E-state index in [1.807, 2.05) is 0 Å². The molecule has 6 nitrogen and oxygen atoms in total. The Labute approximate surface area is 491 Å². The maximum atomic E-state index is 12.9. The monoisotopic (exact) mass is 1110 g/mol. The highest BCUT2D eigenvalue weighted by atomic mass is 16.6. The Hall–Kier alpha value is -2.89. The average Bonchev–Trinajstić information content (AvgIpc) is 3.45. The van der Waals surface area contributed by atoms with Gasteiger partial charge in [-0.15, -0.1) is 0 Å². The first kappa shape index (κ1) is 76.1. The summed E-state index contributed by atoms with van der Waals surface area (Å²) in [5, 5.41) is 0. The lowest BCUT2D eigenvalue weighted by atomic mass is 10.0. The fraction of sp³-hybridized carbons (Fsp3) is 0.822. The highest BCUT2D eigenvalue weighted by Gasteiger charge is 2.19. The maximum absolute atomic E-state index is 12.9. The summed E-state index contributed by atoms with van der Waals surface area (Å²) in [6, 6.07) is 0. The van der Waals surface area contributed by atoms with Crippen molar-refractivity contribution in [3.63, 3.8) is 0 Å². The number of esters is 3. The van der Waals surface area contributed by atoms with Crippen LogP contribution in [-0.2, 0) is 28.6 Å². The summed E-state index contributed by atoms with van der Waals surface area (Å²) in [6.07, 6.45) is 87.0. The van der Waals surface area contributed by atoms with Gasteiger partial charge in [-0.2, -0.15) is 0 Å². The van der Waals surface area contributed by atoms with E-state index in [9.17, 15) is 14.4 Å². The van der Waals surface area contributed by atoms with Crippen molar-refractivity contribution in [1.82, 2.24) is 0 Å². The molecule has 0 bridgehead atoms. The molecule has 460 valence electrons. The first-order chi connectivity index (χ1) is 39.0. The van der Waals surface area contributed by atoms with Crippen molar-refractivity contribution in [2.24, 2.45) is 0 Å². The molecule has 0 aromatic rings. The summed E-state index contributed by atoms with van der Waals surface area (Å²) in [5.74, 6) is -0.889. The number of carbonyl (C=O) groups excluding carboxylic acids is 3. The largest absolute Gasteiger partial charge is 0.462 e. The minimum Gasteiger partial charge on any atom is -0.462 e. The van der Waals surface area contributed by atoms with Gasteiger partial charge in [-0.3, -0.25) is 14.4 Å². The number of hydrogen-bond acceptors (Lipinski definition) is 6. The van der Waals surface area contributed by atoms with Crippen molar-refractivity contribution >= 4 is 17.9 Å². The summed E-state index contributed by atoms with van der Waals surface area (Å²) >= 11 is 0. The van der Waals surface area contributed by atoms with Crippen LogP contribution in [0, 0.1) is 0 Å². The van der Waals surface area contributed by atoms with Crippen LogP contribution in [-0.4, -0.2) is 37.2 Å². The van der Waals surface area contributed by atoms with Crippen molar-refractivity contribution in [3.05, 3.63) is 60.8 Å². The average molecular weight is 1110 g/mol. The molecule has 6 heteroatoms. The molecule has 0 aliphatic rings. The van der Waals surface area contributed by atoms with Crippen LogP contribution in [0.3, 0.4) is 0 Å². The molecule has 1 unspecified atom stereocenters. The van der Waals surface area contributed by atoms with Gasteiger partial charge in [0, 0.05) is 19.3 Å².